The lowest BCUT2D eigenvalue weighted by molar-refractivity contribution is -0.790. The molecule has 0 aromatic carbocycles. The fourth-order valence-corrected chi connectivity index (χ4v) is 2.42. The Labute approximate surface area is 184 Å². The summed E-state index contributed by atoms with van der Waals surface area (Å²) in [5, 5.41) is 32.4. The zero-order chi connectivity index (χ0) is 24.7. The maximum absolute atomic E-state index is 11.8. The average Bonchev–Trinajstić information content (AvgIpc) is 2.62. The topological polar surface area (TPSA) is 209 Å². The van der Waals surface area contributed by atoms with E-state index in [0.717, 1.165) is 0 Å². The lowest BCUT2D eigenvalue weighted by atomic mass is 10.1. The van der Waals surface area contributed by atoms with Gasteiger partial charge in [-0.3, -0.25) is 4.79 Å². The van der Waals surface area contributed by atoms with E-state index in [1.54, 1.807) is 20.8 Å². The van der Waals surface area contributed by atoms with E-state index in [1.165, 1.54) is 0 Å². The van der Waals surface area contributed by atoms with Crippen molar-refractivity contribution in [2.75, 3.05) is 13.2 Å². The Balaban J connectivity index is 4.13. The van der Waals surface area contributed by atoms with Crippen molar-refractivity contribution in [2.45, 2.75) is 77.0 Å². The Morgan fingerprint density at radius 1 is 1.03 bits per heavy atom. The molecule has 15 heteroatoms. The molecule has 0 bridgehead atoms. The number of alkyl carbamates (subject to hydrolysis) is 1. The minimum absolute atomic E-state index is 0.00112. The highest BCUT2D eigenvalue weighted by Crippen LogP contribution is 2.09. The summed E-state index contributed by atoms with van der Waals surface area (Å²) >= 11 is 0. The van der Waals surface area contributed by atoms with E-state index in [-0.39, 0.29) is 38.1 Å². The van der Waals surface area contributed by atoms with Gasteiger partial charge >= 0.3 is 12.1 Å². The van der Waals surface area contributed by atoms with E-state index in [4.69, 9.17) is 4.74 Å². The molecule has 0 aromatic heterocycles. The molecule has 32 heavy (non-hydrogen) atoms. The standard InChI is InChI=1S/C17H30N4O11/c1-17(2,3)31-16(25)19-13(15(23)24)8-4-5-10-18-14(22)9-6-7-12(32-21(28)29)11-30-20(26)27/h12-13H,4-11H2,1-3H3,(H,18,22)(H,19,25)(H,23,24). The van der Waals surface area contributed by atoms with Crippen LogP contribution in [0, 0.1) is 20.2 Å². The Morgan fingerprint density at radius 3 is 2.22 bits per heavy atom. The Kier molecular flexibility index (Phi) is 13.0. The number of carboxylic acid groups (broad SMARTS) is 1. The second-order valence-electron chi connectivity index (χ2n) is 7.75. The van der Waals surface area contributed by atoms with Crippen molar-refractivity contribution in [3.8, 4) is 0 Å². The number of hydrogen-bond donors (Lipinski definition) is 3. The maximum atomic E-state index is 11.8. The molecule has 0 rings (SSSR count). The van der Waals surface area contributed by atoms with E-state index in [1.807, 2.05) is 0 Å². The van der Waals surface area contributed by atoms with Crippen LogP contribution in [-0.2, 0) is 24.0 Å². The van der Waals surface area contributed by atoms with Crippen molar-refractivity contribution in [1.29, 1.82) is 0 Å². The van der Waals surface area contributed by atoms with E-state index in [0.29, 0.717) is 12.8 Å². The smallest absolute Gasteiger partial charge is 0.408 e. The van der Waals surface area contributed by atoms with Crippen LogP contribution in [0.3, 0.4) is 0 Å². The largest absolute Gasteiger partial charge is 0.480 e. The van der Waals surface area contributed by atoms with Gasteiger partial charge in [-0.25, -0.2) is 9.59 Å². The highest BCUT2D eigenvalue weighted by molar-refractivity contribution is 5.80. The Hall–Kier alpha value is -3.39. The van der Waals surface area contributed by atoms with Gasteiger partial charge in [0.15, 0.2) is 0 Å². The number of ether oxygens (including phenoxy) is 1. The summed E-state index contributed by atoms with van der Waals surface area (Å²) in [6.45, 7) is 4.59. The Bertz CT molecular complexity index is 651. The van der Waals surface area contributed by atoms with Crippen LogP contribution in [0.5, 0.6) is 0 Å². The van der Waals surface area contributed by atoms with E-state index >= 15 is 0 Å². The van der Waals surface area contributed by atoms with Gasteiger partial charge < -0.3 is 30.2 Å². The van der Waals surface area contributed by atoms with Crippen LogP contribution < -0.4 is 10.6 Å². The number of carbonyl (C=O) groups excluding carboxylic acids is 2. The fourth-order valence-electron chi connectivity index (χ4n) is 2.42. The summed E-state index contributed by atoms with van der Waals surface area (Å²) in [6.07, 6.45) is -0.825. The number of amides is 2. The molecule has 2 amide bonds. The van der Waals surface area contributed by atoms with Crippen molar-refractivity contribution in [1.82, 2.24) is 10.6 Å². The third-order valence-corrected chi connectivity index (χ3v) is 3.76. The van der Waals surface area contributed by atoms with Gasteiger partial charge in [0.05, 0.1) is 0 Å². The van der Waals surface area contributed by atoms with Gasteiger partial charge in [0.2, 0.25) is 5.91 Å². The molecule has 0 aromatic rings. The molecule has 0 aliphatic carbocycles. The summed E-state index contributed by atoms with van der Waals surface area (Å²) in [7, 11) is 0. The molecule has 2 atom stereocenters. The molecule has 0 aliphatic heterocycles. The number of carboxylic acids is 1. The average molecular weight is 466 g/mol. The summed E-state index contributed by atoms with van der Waals surface area (Å²) in [6, 6.07) is -1.12. The predicted molar refractivity (Wildman–Crippen MR) is 106 cm³/mol. The third kappa shape index (κ3) is 16.4. The first-order valence-corrected chi connectivity index (χ1v) is 9.87. The van der Waals surface area contributed by atoms with Crippen LogP contribution in [0.4, 0.5) is 4.79 Å². The lowest BCUT2D eigenvalue weighted by Crippen LogP contribution is -2.43. The maximum Gasteiger partial charge on any atom is 0.408 e. The molecule has 15 nitrogen and oxygen atoms in total. The molecule has 0 fully saturated rings. The number of nitrogens with zero attached hydrogens (tertiary/aromatic N) is 2. The van der Waals surface area contributed by atoms with Gasteiger partial charge in [-0.05, 0) is 52.9 Å². The first-order chi connectivity index (χ1) is 14.8. The molecule has 0 saturated heterocycles. The van der Waals surface area contributed by atoms with Crippen LogP contribution in [-0.4, -0.2) is 64.1 Å². The minimum Gasteiger partial charge on any atom is -0.480 e. The van der Waals surface area contributed by atoms with Crippen molar-refractivity contribution < 1.29 is 44.1 Å². The van der Waals surface area contributed by atoms with Gasteiger partial charge in [-0.2, -0.15) is 0 Å². The van der Waals surface area contributed by atoms with Crippen molar-refractivity contribution in [2.24, 2.45) is 0 Å². The van der Waals surface area contributed by atoms with Crippen molar-refractivity contribution in [3.05, 3.63) is 20.2 Å². The van der Waals surface area contributed by atoms with Gasteiger partial charge in [-0.15, -0.1) is 20.2 Å². The number of nitrogens with one attached hydrogen (secondary N) is 2. The fraction of sp³-hybridized carbons (Fsp3) is 0.824. The van der Waals surface area contributed by atoms with Gasteiger partial charge in [0.1, 0.15) is 24.4 Å². The van der Waals surface area contributed by atoms with Crippen molar-refractivity contribution >= 4 is 18.0 Å². The molecule has 0 radical (unpaired) electrons. The Morgan fingerprint density at radius 2 is 1.69 bits per heavy atom. The highest BCUT2D eigenvalue weighted by Gasteiger charge is 2.23. The molecule has 184 valence electrons. The van der Waals surface area contributed by atoms with Gasteiger partial charge in [0, 0.05) is 13.0 Å². The molecule has 2 unspecified atom stereocenters. The number of carbonyl (C=O) groups is 3. The molecule has 0 aliphatic rings. The summed E-state index contributed by atoms with van der Waals surface area (Å²) in [4.78, 5) is 63.6. The molecular weight excluding hydrogens is 436 g/mol. The monoisotopic (exact) mass is 466 g/mol. The first-order valence-electron chi connectivity index (χ1n) is 9.87. The number of unbranched alkanes of at least 4 members (excludes halogenated alkanes) is 1. The summed E-state index contributed by atoms with van der Waals surface area (Å²) in [5.41, 5.74) is -0.758. The third-order valence-electron chi connectivity index (χ3n) is 3.76. The van der Waals surface area contributed by atoms with Crippen LogP contribution in [0.25, 0.3) is 0 Å². The number of aliphatic carboxylic acids is 1. The SMILES string of the molecule is CC(C)(C)OC(=O)NC(CCCCNC(=O)CCCC(CO[N+](=O)[O-])O[N+](=O)[O-])C(=O)O. The highest BCUT2D eigenvalue weighted by atomic mass is 17.0. The van der Waals surface area contributed by atoms with Gasteiger partial charge in [-0.1, -0.05) is 0 Å². The van der Waals surface area contributed by atoms with Crippen LogP contribution >= 0.6 is 0 Å². The first kappa shape index (κ1) is 28.6. The summed E-state index contributed by atoms with van der Waals surface area (Å²) in [5.74, 6) is -1.55. The van der Waals surface area contributed by atoms with Crippen LogP contribution in [0.15, 0.2) is 0 Å². The minimum atomic E-state index is -1.20. The molecule has 0 saturated carbocycles. The predicted octanol–water partition coefficient (Wildman–Crippen LogP) is 1.21. The second-order valence-corrected chi connectivity index (χ2v) is 7.75. The number of hydrogen-bond acceptors (Lipinski definition) is 10. The van der Waals surface area contributed by atoms with Crippen molar-refractivity contribution in [3.63, 3.8) is 0 Å². The van der Waals surface area contributed by atoms with E-state index < -0.39 is 46.6 Å². The molecular formula is C17H30N4O11. The molecule has 0 spiro atoms. The lowest BCUT2D eigenvalue weighted by Gasteiger charge is -2.22. The number of rotatable bonds is 16. The normalized spacial score (nSPS) is 12.7. The van der Waals surface area contributed by atoms with E-state index in [9.17, 15) is 39.7 Å². The van der Waals surface area contributed by atoms with Crippen LogP contribution in [0.2, 0.25) is 0 Å². The molecule has 3 N–H and O–H groups in total. The van der Waals surface area contributed by atoms with E-state index in [2.05, 4.69) is 20.3 Å². The summed E-state index contributed by atoms with van der Waals surface area (Å²) < 4.78 is 5.02. The molecule has 0 heterocycles. The van der Waals surface area contributed by atoms with Crippen LogP contribution in [0.1, 0.15) is 59.3 Å². The zero-order valence-electron chi connectivity index (χ0n) is 18.2. The second kappa shape index (κ2) is 14.6. The van der Waals surface area contributed by atoms with Gasteiger partial charge in [0.25, 0.3) is 10.2 Å². The quantitative estimate of drug-likeness (QED) is 0.167. The zero-order valence-corrected chi connectivity index (χ0v) is 18.2.